The van der Waals surface area contributed by atoms with E-state index in [1.807, 2.05) is 13.0 Å². The van der Waals surface area contributed by atoms with E-state index in [0.29, 0.717) is 32.3 Å². The van der Waals surface area contributed by atoms with Crippen LogP contribution < -0.4 is 10.3 Å². The number of hydrogen-bond donors (Lipinski definition) is 0. The van der Waals surface area contributed by atoms with E-state index in [9.17, 15) is 9.59 Å². The lowest BCUT2D eigenvalue weighted by atomic mass is 9.98. The molecule has 2 aromatic heterocycles. The zero-order valence-corrected chi connectivity index (χ0v) is 18.1. The van der Waals surface area contributed by atoms with Crippen molar-refractivity contribution in [3.05, 3.63) is 90.9 Å². The lowest BCUT2D eigenvalue weighted by Crippen LogP contribution is -2.29. The summed E-state index contributed by atoms with van der Waals surface area (Å²) in [6.07, 6.45) is 0.770. The van der Waals surface area contributed by atoms with E-state index >= 15 is 0 Å². The van der Waals surface area contributed by atoms with Crippen LogP contribution in [0, 0.1) is 6.92 Å². The number of benzene rings is 2. The van der Waals surface area contributed by atoms with Gasteiger partial charge in [-0.25, -0.2) is 0 Å². The van der Waals surface area contributed by atoms with E-state index in [1.54, 1.807) is 43.3 Å². The lowest BCUT2D eigenvalue weighted by Gasteiger charge is -2.22. The summed E-state index contributed by atoms with van der Waals surface area (Å²) in [5, 5.41) is 5.11. The maximum Gasteiger partial charge on any atom is 0.296 e. The van der Waals surface area contributed by atoms with Gasteiger partial charge in [-0.15, -0.1) is 0 Å². The number of carbonyl (C=O) groups is 1. The summed E-state index contributed by atoms with van der Waals surface area (Å²) in [6.45, 7) is 3.73. The fraction of sp³-hybridized carbons (Fsp3) is 0.174. The van der Waals surface area contributed by atoms with Gasteiger partial charge >= 0.3 is 0 Å². The number of fused-ring (bicyclic) bond motifs is 2. The van der Waals surface area contributed by atoms with E-state index in [-0.39, 0.29) is 22.6 Å². The van der Waals surface area contributed by atoms with Crippen LogP contribution >= 0.6 is 23.2 Å². The van der Waals surface area contributed by atoms with Crippen LogP contribution in [0.4, 0.5) is 5.82 Å². The van der Waals surface area contributed by atoms with Crippen molar-refractivity contribution in [1.29, 1.82) is 0 Å². The van der Waals surface area contributed by atoms with Crippen molar-refractivity contribution < 1.29 is 13.7 Å². The van der Waals surface area contributed by atoms with Crippen molar-refractivity contribution in [3.8, 4) is 0 Å². The van der Waals surface area contributed by atoms with Gasteiger partial charge in [0.05, 0.1) is 27.0 Å². The van der Waals surface area contributed by atoms with Crippen LogP contribution in [0.15, 0.2) is 56.2 Å². The molecule has 0 saturated carbocycles. The molecular weight excluding hydrogens is 439 g/mol. The number of hydrogen-bond acceptors (Lipinski definition) is 5. The van der Waals surface area contributed by atoms with Crippen molar-refractivity contribution in [2.24, 2.45) is 0 Å². The number of rotatable bonds is 3. The molecule has 6 nitrogen and oxygen atoms in total. The summed E-state index contributed by atoms with van der Waals surface area (Å²) >= 11 is 12.4. The van der Waals surface area contributed by atoms with E-state index in [0.717, 1.165) is 12.0 Å². The molecule has 1 unspecified atom stereocenters. The highest BCUT2D eigenvalue weighted by atomic mass is 35.5. The van der Waals surface area contributed by atoms with Gasteiger partial charge in [0.2, 0.25) is 5.76 Å². The van der Waals surface area contributed by atoms with Gasteiger partial charge in [-0.05, 0) is 48.7 Å². The fourth-order valence-electron chi connectivity index (χ4n) is 3.94. The van der Waals surface area contributed by atoms with E-state index in [4.69, 9.17) is 32.1 Å². The molecule has 2 aromatic carbocycles. The Kier molecular flexibility index (Phi) is 4.64. The molecule has 8 heteroatoms. The molecule has 0 spiro atoms. The SMILES string of the molecule is CCc1ccc2oc3c(c(=O)c2c1)C(c1ccc(Cl)c(Cl)c1)N(c1cc(C)on1)C3=O. The Morgan fingerprint density at radius 2 is 1.87 bits per heavy atom. The van der Waals surface area contributed by atoms with Gasteiger partial charge in [-0.3, -0.25) is 14.5 Å². The third-order valence-corrected chi connectivity index (χ3v) is 6.20. The number of anilines is 1. The van der Waals surface area contributed by atoms with Gasteiger partial charge in [0, 0.05) is 6.07 Å². The molecule has 5 rings (SSSR count). The molecular formula is C23H16Cl2N2O4. The van der Waals surface area contributed by atoms with E-state index in [1.165, 1.54) is 4.90 Å². The Bertz CT molecular complexity index is 1420. The zero-order chi connectivity index (χ0) is 21.9. The minimum atomic E-state index is -0.785. The van der Waals surface area contributed by atoms with Gasteiger partial charge in [0.15, 0.2) is 11.2 Å². The fourth-order valence-corrected chi connectivity index (χ4v) is 4.25. The topological polar surface area (TPSA) is 76.6 Å². The molecule has 1 atom stereocenters. The molecule has 1 aliphatic heterocycles. The quantitative estimate of drug-likeness (QED) is 0.396. The standard InChI is InChI=1S/C23H16Cl2N2O4/c1-3-12-4-7-17-14(9-12)21(28)19-20(13-5-6-15(24)16(25)10-13)27(23(29)22(19)30-17)18-8-11(2)31-26-18/h4-10,20H,3H2,1-2H3. The first-order chi connectivity index (χ1) is 14.9. The first-order valence-electron chi connectivity index (χ1n) is 9.70. The van der Waals surface area contributed by atoms with Crippen molar-refractivity contribution >= 4 is 45.9 Å². The molecule has 0 aliphatic carbocycles. The van der Waals surface area contributed by atoms with Gasteiger partial charge in [0.1, 0.15) is 11.3 Å². The maximum absolute atomic E-state index is 13.6. The Morgan fingerprint density at radius 3 is 2.55 bits per heavy atom. The summed E-state index contributed by atoms with van der Waals surface area (Å²) in [6, 6.07) is 11.3. The maximum atomic E-state index is 13.6. The molecule has 0 saturated heterocycles. The molecule has 156 valence electrons. The number of nitrogens with zero attached hydrogens (tertiary/aromatic N) is 2. The Balaban J connectivity index is 1.82. The van der Waals surface area contributed by atoms with E-state index in [2.05, 4.69) is 5.16 Å². The first-order valence-corrected chi connectivity index (χ1v) is 10.5. The Labute approximate surface area is 187 Å². The number of aryl methyl sites for hydroxylation is 2. The van der Waals surface area contributed by atoms with Crippen LogP contribution in [0.2, 0.25) is 10.0 Å². The predicted molar refractivity (Wildman–Crippen MR) is 118 cm³/mol. The average Bonchev–Trinajstić information content (AvgIpc) is 3.31. The molecule has 0 N–H and O–H groups in total. The zero-order valence-electron chi connectivity index (χ0n) is 16.6. The van der Waals surface area contributed by atoms with Gasteiger partial charge in [-0.2, -0.15) is 0 Å². The second-order valence-corrected chi connectivity index (χ2v) is 8.22. The van der Waals surface area contributed by atoms with Crippen LogP contribution in [0.25, 0.3) is 11.0 Å². The van der Waals surface area contributed by atoms with Crippen LogP contribution in [0.1, 0.15) is 46.0 Å². The largest absolute Gasteiger partial charge is 0.450 e. The van der Waals surface area contributed by atoms with Gasteiger partial charge in [0.25, 0.3) is 5.91 Å². The number of amides is 1. The third kappa shape index (κ3) is 3.06. The van der Waals surface area contributed by atoms with Crippen LogP contribution in [-0.2, 0) is 6.42 Å². The third-order valence-electron chi connectivity index (χ3n) is 5.46. The Morgan fingerprint density at radius 1 is 1.06 bits per heavy atom. The summed E-state index contributed by atoms with van der Waals surface area (Å²) in [5.41, 5.74) is 1.95. The van der Waals surface area contributed by atoms with Crippen molar-refractivity contribution in [2.75, 3.05) is 4.90 Å². The molecule has 3 heterocycles. The number of carbonyl (C=O) groups excluding carboxylic acids is 1. The molecule has 0 bridgehead atoms. The van der Waals surface area contributed by atoms with Crippen LogP contribution in [0.5, 0.6) is 0 Å². The van der Waals surface area contributed by atoms with Crippen molar-refractivity contribution in [2.45, 2.75) is 26.3 Å². The first kappa shape index (κ1) is 19.8. The number of halogens is 2. The minimum absolute atomic E-state index is 0.0153. The molecule has 1 aliphatic rings. The number of aromatic nitrogens is 1. The Hall–Kier alpha value is -3.09. The highest BCUT2D eigenvalue weighted by Gasteiger charge is 2.45. The van der Waals surface area contributed by atoms with Gasteiger partial charge in [-0.1, -0.05) is 47.4 Å². The highest BCUT2D eigenvalue weighted by molar-refractivity contribution is 6.42. The summed E-state index contributed by atoms with van der Waals surface area (Å²) in [4.78, 5) is 28.4. The van der Waals surface area contributed by atoms with Gasteiger partial charge < -0.3 is 8.94 Å². The summed E-state index contributed by atoms with van der Waals surface area (Å²) in [5.74, 6) is 0.322. The minimum Gasteiger partial charge on any atom is -0.450 e. The predicted octanol–water partition coefficient (Wildman–Crippen LogP) is 5.71. The highest BCUT2D eigenvalue weighted by Crippen LogP contribution is 2.42. The van der Waals surface area contributed by atoms with Crippen LogP contribution in [0.3, 0.4) is 0 Å². The summed E-state index contributed by atoms with van der Waals surface area (Å²) in [7, 11) is 0. The molecule has 31 heavy (non-hydrogen) atoms. The normalized spacial score (nSPS) is 15.7. The molecule has 0 radical (unpaired) electrons. The second-order valence-electron chi connectivity index (χ2n) is 7.41. The van der Waals surface area contributed by atoms with Crippen molar-refractivity contribution in [3.63, 3.8) is 0 Å². The lowest BCUT2D eigenvalue weighted by molar-refractivity contribution is 0.0969. The monoisotopic (exact) mass is 454 g/mol. The van der Waals surface area contributed by atoms with E-state index < -0.39 is 11.9 Å². The summed E-state index contributed by atoms with van der Waals surface area (Å²) < 4.78 is 11.1. The molecule has 1 amide bonds. The smallest absolute Gasteiger partial charge is 0.296 e. The average molecular weight is 455 g/mol. The molecule has 0 fully saturated rings. The second kappa shape index (κ2) is 7.25. The van der Waals surface area contributed by atoms with Crippen molar-refractivity contribution in [1.82, 2.24) is 5.16 Å². The molecule has 4 aromatic rings. The van der Waals surface area contributed by atoms with Crippen LogP contribution in [-0.4, -0.2) is 11.1 Å².